The van der Waals surface area contributed by atoms with Crippen molar-refractivity contribution < 1.29 is 26.8 Å². The van der Waals surface area contributed by atoms with Crippen molar-refractivity contribution in [3.63, 3.8) is 0 Å². The van der Waals surface area contributed by atoms with Crippen molar-refractivity contribution in [1.29, 1.82) is 0 Å². The molecule has 1 aromatic heterocycles. The third-order valence-electron chi connectivity index (χ3n) is 3.85. The van der Waals surface area contributed by atoms with Gasteiger partial charge < -0.3 is 14.2 Å². The van der Waals surface area contributed by atoms with Gasteiger partial charge in [0.2, 0.25) is 0 Å². The monoisotopic (exact) mass is 440 g/mol. The number of nitrogens with zero attached hydrogens (tertiary/aromatic N) is 2. The van der Waals surface area contributed by atoms with Crippen LogP contribution in [0.5, 0.6) is 0 Å². The van der Waals surface area contributed by atoms with Crippen LogP contribution in [0.15, 0.2) is 21.2 Å². The van der Waals surface area contributed by atoms with Gasteiger partial charge in [0.1, 0.15) is 10.7 Å². The summed E-state index contributed by atoms with van der Waals surface area (Å²) in [5, 5.41) is -1.23. The Bertz CT molecular complexity index is 808. The molecule has 1 aliphatic rings. The molecule has 1 saturated heterocycles. The van der Waals surface area contributed by atoms with Crippen molar-refractivity contribution >= 4 is 39.1 Å². The molecule has 0 spiro atoms. The topological polar surface area (TPSA) is 36.7 Å². The maximum Gasteiger partial charge on any atom is 0.289 e. The number of piperazine rings is 1. The van der Waals surface area contributed by atoms with Crippen LogP contribution in [-0.2, 0) is 0 Å². The number of anilines is 1. The maximum absolute atomic E-state index is 14.0. The summed E-state index contributed by atoms with van der Waals surface area (Å²) in [6, 6.07) is 3.05. The van der Waals surface area contributed by atoms with Crippen LogP contribution in [0.4, 0.5) is 23.2 Å². The Balaban J connectivity index is 1.78. The fourth-order valence-electron chi connectivity index (χ4n) is 2.59. The van der Waals surface area contributed by atoms with Crippen LogP contribution < -0.4 is 4.90 Å². The molecule has 0 saturated carbocycles. The Morgan fingerprint density at radius 1 is 1.00 bits per heavy atom. The van der Waals surface area contributed by atoms with E-state index in [9.17, 15) is 22.4 Å². The average Bonchev–Trinajstić information content (AvgIpc) is 3.05. The molecule has 2 aromatic rings. The van der Waals surface area contributed by atoms with Gasteiger partial charge in [0.05, 0.1) is 0 Å². The Morgan fingerprint density at radius 3 is 2.04 bits per heavy atom. The first kappa shape index (κ1) is 18.1. The van der Waals surface area contributed by atoms with Crippen molar-refractivity contribution in [2.75, 3.05) is 31.1 Å². The van der Waals surface area contributed by atoms with Crippen LogP contribution in [0.1, 0.15) is 10.6 Å². The Labute approximate surface area is 153 Å². The van der Waals surface area contributed by atoms with E-state index in [-0.39, 0.29) is 37.8 Å². The van der Waals surface area contributed by atoms with Crippen LogP contribution in [0.3, 0.4) is 0 Å². The lowest BCUT2D eigenvalue weighted by molar-refractivity contribution is 0.0713. The minimum absolute atomic E-state index is 0.0119. The number of amides is 1. The summed E-state index contributed by atoms with van der Waals surface area (Å²) in [6.45, 7) is 0.174. The third-order valence-corrected chi connectivity index (χ3v) is 4.61. The number of carbonyl (C=O) groups excluding carboxylic acids is 1. The number of carbonyl (C=O) groups is 1. The molecule has 134 valence electrons. The smallest absolute Gasteiger partial charge is 0.289 e. The van der Waals surface area contributed by atoms with Crippen molar-refractivity contribution in [3.8, 4) is 0 Å². The summed E-state index contributed by atoms with van der Waals surface area (Å²) < 4.78 is 60.8. The third kappa shape index (κ3) is 3.22. The summed E-state index contributed by atoms with van der Waals surface area (Å²) in [6.07, 6.45) is 0. The van der Waals surface area contributed by atoms with E-state index in [2.05, 4.69) is 15.9 Å². The van der Waals surface area contributed by atoms with Gasteiger partial charge in [-0.15, -0.1) is 0 Å². The van der Waals surface area contributed by atoms with E-state index in [1.165, 1.54) is 11.0 Å². The van der Waals surface area contributed by atoms with Crippen molar-refractivity contribution in [2.24, 2.45) is 0 Å². The molecule has 2 heterocycles. The van der Waals surface area contributed by atoms with Gasteiger partial charge in [0.15, 0.2) is 33.7 Å². The zero-order chi connectivity index (χ0) is 18.3. The van der Waals surface area contributed by atoms with E-state index in [1.54, 1.807) is 6.07 Å². The highest BCUT2D eigenvalue weighted by Crippen LogP contribution is 2.34. The Kier molecular flexibility index (Phi) is 4.97. The van der Waals surface area contributed by atoms with E-state index in [0.29, 0.717) is 4.67 Å². The van der Waals surface area contributed by atoms with Gasteiger partial charge >= 0.3 is 0 Å². The summed E-state index contributed by atoms with van der Waals surface area (Å²) in [4.78, 5) is 14.8. The quantitative estimate of drug-likeness (QED) is 0.398. The SMILES string of the molecule is O=C(c1ccc(Br)o1)N1CCN(c2c(F)c(F)c(Cl)c(F)c2F)CC1. The molecule has 1 aliphatic heterocycles. The first-order valence-electron chi connectivity index (χ1n) is 7.12. The number of furan rings is 1. The Morgan fingerprint density at radius 2 is 1.56 bits per heavy atom. The van der Waals surface area contributed by atoms with E-state index in [4.69, 9.17) is 16.0 Å². The van der Waals surface area contributed by atoms with E-state index < -0.39 is 34.0 Å². The van der Waals surface area contributed by atoms with E-state index >= 15 is 0 Å². The highest BCUT2D eigenvalue weighted by Gasteiger charge is 2.31. The average molecular weight is 442 g/mol. The highest BCUT2D eigenvalue weighted by atomic mass is 79.9. The lowest BCUT2D eigenvalue weighted by Gasteiger charge is -2.36. The van der Waals surface area contributed by atoms with Crippen molar-refractivity contribution in [2.45, 2.75) is 0 Å². The molecule has 25 heavy (non-hydrogen) atoms. The summed E-state index contributed by atoms with van der Waals surface area (Å²) in [7, 11) is 0. The largest absolute Gasteiger partial charge is 0.444 e. The van der Waals surface area contributed by atoms with Crippen LogP contribution in [0.2, 0.25) is 5.02 Å². The first-order valence-corrected chi connectivity index (χ1v) is 8.29. The second-order valence-electron chi connectivity index (χ2n) is 5.30. The second kappa shape index (κ2) is 6.87. The normalized spacial score (nSPS) is 15.0. The van der Waals surface area contributed by atoms with E-state index in [1.807, 2.05) is 0 Å². The van der Waals surface area contributed by atoms with Gasteiger partial charge in [-0.1, -0.05) is 11.6 Å². The van der Waals surface area contributed by atoms with Crippen molar-refractivity contribution in [3.05, 3.63) is 50.9 Å². The molecule has 4 nitrogen and oxygen atoms in total. The molecule has 10 heteroatoms. The molecule has 3 rings (SSSR count). The molecule has 0 radical (unpaired) electrons. The lowest BCUT2D eigenvalue weighted by atomic mass is 10.2. The molecule has 1 amide bonds. The van der Waals surface area contributed by atoms with Gasteiger partial charge in [0.25, 0.3) is 5.91 Å². The number of hydrogen-bond acceptors (Lipinski definition) is 3. The molecule has 0 atom stereocenters. The lowest BCUT2D eigenvalue weighted by Crippen LogP contribution is -2.49. The van der Waals surface area contributed by atoms with Crippen LogP contribution in [-0.4, -0.2) is 37.0 Å². The van der Waals surface area contributed by atoms with Gasteiger partial charge in [-0.05, 0) is 28.1 Å². The first-order chi connectivity index (χ1) is 11.8. The molecule has 0 N–H and O–H groups in total. The molecule has 1 aromatic carbocycles. The number of halogens is 6. The second-order valence-corrected chi connectivity index (χ2v) is 6.46. The number of rotatable bonds is 2. The zero-order valence-electron chi connectivity index (χ0n) is 12.5. The molecular weight excluding hydrogens is 432 g/mol. The maximum atomic E-state index is 14.0. The fourth-order valence-corrected chi connectivity index (χ4v) is 3.06. The zero-order valence-corrected chi connectivity index (χ0v) is 14.8. The molecule has 1 fully saturated rings. The molecule has 0 bridgehead atoms. The van der Waals surface area contributed by atoms with E-state index in [0.717, 1.165) is 4.90 Å². The summed E-state index contributed by atoms with van der Waals surface area (Å²) in [5.41, 5.74) is -0.827. The summed E-state index contributed by atoms with van der Waals surface area (Å²) in [5.74, 6) is -6.68. The molecule has 0 unspecified atom stereocenters. The summed E-state index contributed by atoms with van der Waals surface area (Å²) >= 11 is 8.31. The predicted octanol–water partition coefficient (Wildman–Crippen LogP) is 4.21. The van der Waals surface area contributed by atoms with Gasteiger partial charge in [-0.2, -0.15) is 0 Å². The molecule has 0 aliphatic carbocycles. The predicted molar refractivity (Wildman–Crippen MR) is 85.8 cm³/mol. The fraction of sp³-hybridized carbons (Fsp3) is 0.267. The van der Waals surface area contributed by atoms with Crippen LogP contribution >= 0.6 is 27.5 Å². The molecular formula is C15H10BrClF4N2O2. The van der Waals surface area contributed by atoms with Gasteiger partial charge in [-0.25, -0.2) is 17.6 Å². The van der Waals surface area contributed by atoms with Gasteiger partial charge in [-0.3, -0.25) is 4.79 Å². The van der Waals surface area contributed by atoms with Crippen molar-refractivity contribution in [1.82, 2.24) is 4.90 Å². The highest BCUT2D eigenvalue weighted by molar-refractivity contribution is 9.10. The Hall–Kier alpha value is -1.74. The standard InChI is InChI=1S/C15H10BrClF4N2O2/c16-8-2-1-7(25-8)15(24)23-5-3-22(4-6-23)14-12(20)10(18)9(17)11(19)13(14)21/h1-2H,3-6H2. The number of benzene rings is 1. The van der Waals surface area contributed by atoms with Gasteiger partial charge in [0, 0.05) is 26.2 Å². The number of hydrogen-bond donors (Lipinski definition) is 0. The van der Waals surface area contributed by atoms with Crippen LogP contribution in [0, 0.1) is 23.3 Å². The minimum Gasteiger partial charge on any atom is -0.444 e. The van der Waals surface area contributed by atoms with Crippen LogP contribution in [0.25, 0.3) is 0 Å². The minimum atomic E-state index is -1.64.